The van der Waals surface area contributed by atoms with Gasteiger partial charge in [0.15, 0.2) is 0 Å². The standard InChI is InChI=1S/C9H9N/c1-2-6-10-8-4-3-5-9(10)7-8/h2-5,7H,1,6H2. The first-order valence-corrected chi connectivity index (χ1v) is 3.40. The van der Waals surface area contributed by atoms with Gasteiger partial charge in [-0.15, -0.1) is 6.58 Å². The summed E-state index contributed by atoms with van der Waals surface area (Å²) in [6, 6.07) is 8.46. The lowest BCUT2D eigenvalue weighted by Crippen LogP contribution is -2.22. The van der Waals surface area contributed by atoms with E-state index in [2.05, 4.69) is 35.7 Å². The van der Waals surface area contributed by atoms with Crippen molar-refractivity contribution in [3.05, 3.63) is 36.9 Å². The smallest absolute Gasteiger partial charge is 0.0434 e. The Morgan fingerprint density at radius 3 is 2.60 bits per heavy atom. The summed E-state index contributed by atoms with van der Waals surface area (Å²) in [4.78, 5) is 2.23. The first-order chi connectivity index (χ1) is 4.92. The second-order valence-corrected chi connectivity index (χ2v) is 2.42. The Morgan fingerprint density at radius 1 is 1.40 bits per heavy atom. The van der Waals surface area contributed by atoms with Crippen molar-refractivity contribution in [3.8, 4) is 0 Å². The van der Waals surface area contributed by atoms with Gasteiger partial charge in [0.1, 0.15) is 0 Å². The highest BCUT2D eigenvalue weighted by Crippen LogP contribution is 2.36. The first kappa shape index (κ1) is 5.54. The van der Waals surface area contributed by atoms with Gasteiger partial charge in [-0.25, -0.2) is 0 Å². The van der Waals surface area contributed by atoms with E-state index >= 15 is 0 Å². The number of nitrogens with zero attached hydrogens (tertiary/aromatic N) is 1. The Hall–Kier alpha value is -1.24. The van der Waals surface area contributed by atoms with Crippen molar-refractivity contribution in [2.45, 2.75) is 0 Å². The largest absolute Gasteiger partial charge is 0.337 e. The van der Waals surface area contributed by atoms with Gasteiger partial charge >= 0.3 is 0 Å². The molecule has 0 N–H and O–H groups in total. The van der Waals surface area contributed by atoms with E-state index in [4.69, 9.17) is 0 Å². The molecule has 1 aromatic rings. The van der Waals surface area contributed by atoms with Crippen molar-refractivity contribution in [2.75, 3.05) is 11.4 Å². The summed E-state index contributed by atoms with van der Waals surface area (Å²) in [7, 11) is 0. The number of hydrogen-bond acceptors (Lipinski definition) is 1. The van der Waals surface area contributed by atoms with Crippen molar-refractivity contribution in [1.82, 2.24) is 0 Å². The van der Waals surface area contributed by atoms with Gasteiger partial charge in [-0.2, -0.15) is 0 Å². The van der Waals surface area contributed by atoms with E-state index in [0.29, 0.717) is 0 Å². The van der Waals surface area contributed by atoms with Gasteiger partial charge in [0.25, 0.3) is 0 Å². The fourth-order valence-corrected chi connectivity index (χ4v) is 1.25. The summed E-state index contributed by atoms with van der Waals surface area (Å²) in [6.45, 7) is 4.62. The number of fused-ring (bicyclic) bond motifs is 2. The average molecular weight is 131 g/mol. The topological polar surface area (TPSA) is 3.24 Å². The van der Waals surface area contributed by atoms with Crippen LogP contribution in [0.25, 0.3) is 0 Å². The average Bonchev–Trinajstić information content (AvgIpc) is 2.01. The van der Waals surface area contributed by atoms with E-state index in [1.165, 1.54) is 11.4 Å². The molecule has 2 aliphatic heterocycles. The van der Waals surface area contributed by atoms with Crippen molar-refractivity contribution < 1.29 is 0 Å². The Kier molecular flexibility index (Phi) is 1.04. The number of anilines is 2. The highest BCUT2D eigenvalue weighted by atomic mass is 15.2. The molecule has 0 radical (unpaired) electrons. The highest BCUT2D eigenvalue weighted by Gasteiger charge is 2.16. The van der Waals surface area contributed by atoms with Gasteiger partial charge in [-0.05, 0) is 18.2 Å². The van der Waals surface area contributed by atoms with Crippen molar-refractivity contribution in [3.63, 3.8) is 0 Å². The summed E-state index contributed by atoms with van der Waals surface area (Å²) < 4.78 is 0. The number of hydrogen-bond donors (Lipinski definition) is 0. The van der Waals surface area contributed by atoms with Gasteiger partial charge in [-0.3, -0.25) is 0 Å². The lowest BCUT2D eigenvalue weighted by molar-refractivity contribution is 1.05. The van der Waals surface area contributed by atoms with Crippen LogP contribution in [0.4, 0.5) is 11.4 Å². The molecule has 0 fully saturated rings. The van der Waals surface area contributed by atoms with Gasteiger partial charge in [0.2, 0.25) is 0 Å². The summed E-state index contributed by atoms with van der Waals surface area (Å²) in [6.07, 6.45) is 1.92. The molecule has 0 amide bonds. The fourth-order valence-electron chi connectivity index (χ4n) is 1.25. The third kappa shape index (κ3) is 0.574. The van der Waals surface area contributed by atoms with Crippen LogP contribution in [0.1, 0.15) is 0 Å². The zero-order valence-electron chi connectivity index (χ0n) is 5.75. The second-order valence-electron chi connectivity index (χ2n) is 2.42. The molecule has 1 heteroatoms. The molecule has 0 spiro atoms. The monoisotopic (exact) mass is 131 g/mol. The van der Waals surface area contributed by atoms with Crippen LogP contribution >= 0.6 is 0 Å². The Balaban J connectivity index is 2.26. The predicted octanol–water partition coefficient (Wildman–Crippen LogP) is 2.32. The Bertz CT molecular complexity index is 238. The van der Waals surface area contributed by atoms with Gasteiger partial charge in [-0.1, -0.05) is 12.1 Å². The van der Waals surface area contributed by atoms with Crippen LogP contribution in [0.2, 0.25) is 0 Å². The molecule has 0 saturated heterocycles. The van der Waals surface area contributed by atoms with E-state index in [1.54, 1.807) is 0 Å². The molecular weight excluding hydrogens is 122 g/mol. The quantitative estimate of drug-likeness (QED) is 0.557. The minimum atomic E-state index is 0.933. The van der Waals surface area contributed by atoms with Gasteiger partial charge < -0.3 is 4.90 Å². The highest BCUT2D eigenvalue weighted by molar-refractivity contribution is 5.77. The molecule has 0 aliphatic carbocycles. The van der Waals surface area contributed by atoms with Crippen LogP contribution in [0, 0.1) is 0 Å². The fraction of sp³-hybridized carbons (Fsp3) is 0.111. The molecule has 2 heterocycles. The zero-order chi connectivity index (χ0) is 6.97. The zero-order valence-corrected chi connectivity index (χ0v) is 5.75. The second kappa shape index (κ2) is 1.87. The van der Waals surface area contributed by atoms with E-state index in [0.717, 1.165) is 6.54 Å². The van der Waals surface area contributed by atoms with E-state index in [9.17, 15) is 0 Å². The maximum atomic E-state index is 3.69. The van der Waals surface area contributed by atoms with Crippen molar-refractivity contribution in [1.29, 1.82) is 0 Å². The summed E-state index contributed by atoms with van der Waals surface area (Å²) in [5, 5.41) is 0. The molecular formula is C9H9N. The molecule has 3 rings (SSSR count). The molecule has 10 heavy (non-hydrogen) atoms. The predicted molar refractivity (Wildman–Crippen MR) is 43.6 cm³/mol. The van der Waals surface area contributed by atoms with E-state index in [1.807, 2.05) is 6.08 Å². The Morgan fingerprint density at radius 2 is 2.10 bits per heavy atom. The van der Waals surface area contributed by atoms with E-state index in [-0.39, 0.29) is 0 Å². The van der Waals surface area contributed by atoms with Gasteiger partial charge in [0.05, 0.1) is 0 Å². The molecule has 2 aliphatic rings. The van der Waals surface area contributed by atoms with Crippen LogP contribution in [-0.4, -0.2) is 6.54 Å². The molecule has 0 atom stereocenters. The minimum Gasteiger partial charge on any atom is -0.337 e. The van der Waals surface area contributed by atoms with Gasteiger partial charge in [0, 0.05) is 17.9 Å². The van der Waals surface area contributed by atoms with Crippen LogP contribution in [0.5, 0.6) is 0 Å². The van der Waals surface area contributed by atoms with Crippen molar-refractivity contribution in [2.24, 2.45) is 0 Å². The first-order valence-electron chi connectivity index (χ1n) is 3.40. The third-order valence-electron chi connectivity index (χ3n) is 1.76. The molecule has 1 aromatic carbocycles. The lowest BCUT2D eigenvalue weighted by atomic mass is 10.1. The van der Waals surface area contributed by atoms with Crippen LogP contribution in [-0.2, 0) is 0 Å². The van der Waals surface area contributed by atoms with Crippen LogP contribution in [0.3, 0.4) is 0 Å². The van der Waals surface area contributed by atoms with Crippen LogP contribution < -0.4 is 4.90 Å². The molecule has 1 nitrogen and oxygen atoms in total. The molecule has 0 aromatic heterocycles. The minimum absolute atomic E-state index is 0.933. The maximum absolute atomic E-state index is 3.69. The molecule has 2 bridgehead atoms. The molecule has 0 unspecified atom stereocenters. The van der Waals surface area contributed by atoms with E-state index < -0.39 is 0 Å². The normalized spacial score (nSPS) is 12.6. The third-order valence-corrected chi connectivity index (χ3v) is 1.76. The number of rotatable bonds is 2. The number of benzene rings is 1. The summed E-state index contributed by atoms with van der Waals surface area (Å²) >= 11 is 0. The maximum Gasteiger partial charge on any atom is 0.0434 e. The molecule has 50 valence electrons. The summed E-state index contributed by atoms with van der Waals surface area (Å²) in [5.41, 5.74) is 2.61. The van der Waals surface area contributed by atoms with Crippen LogP contribution in [0.15, 0.2) is 36.9 Å². The van der Waals surface area contributed by atoms with Crippen molar-refractivity contribution >= 4 is 11.4 Å². The lowest BCUT2D eigenvalue weighted by Gasteiger charge is -2.32. The Labute approximate surface area is 60.6 Å². The summed E-state index contributed by atoms with van der Waals surface area (Å²) in [5.74, 6) is 0. The molecule has 0 saturated carbocycles. The SMILES string of the molecule is C=CCN1c2cccc1c2.